The van der Waals surface area contributed by atoms with Crippen LogP contribution in [0, 0.1) is 0 Å². The average Bonchev–Trinajstić information content (AvgIpc) is 1.38. The van der Waals surface area contributed by atoms with E-state index in [0.29, 0.717) is 5.25 Å². The van der Waals surface area contributed by atoms with Crippen molar-refractivity contribution in [1.82, 2.24) is 0 Å². The molecule has 0 bridgehead atoms. The Balaban J connectivity index is 2.54. The summed E-state index contributed by atoms with van der Waals surface area (Å²) in [5.41, 5.74) is 0. The predicted molar refractivity (Wildman–Crippen MR) is 31.7 cm³/mol. The molecule has 0 N–H and O–H groups in total. The highest BCUT2D eigenvalue weighted by atomic mass is 33.1. The van der Waals surface area contributed by atoms with Crippen molar-refractivity contribution in [3.05, 3.63) is 0 Å². The van der Waals surface area contributed by atoms with Crippen molar-refractivity contribution in [3.63, 3.8) is 0 Å². The van der Waals surface area contributed by atoms with Crippen LogP contribution in [0.4, 0.5) is 0 Å². The molecule has 5 heavy (non-hydrogen) atoms. The zero-order valence-electron chi connectivity index (χ0n) is 3.43. The molecule has 0 unspecified atom stereocenters. The molecule has 0 aliphatic rings. The fourth-order valence-electron chi connectivity index (χ4n) is 0. The molecule has 0 aromatic carbocycles. The van der Waals surface area contributed by atoms with Crippen molar-refractivity contribution < 1.29 is 0 Å². The van der Waals surface area contributed by atoms with Crippen LogP contribution in [0.3, 0.4) is 0 Å². The molecule has 0 aromatic heterocycles. The van der Waals surface area contributed by atoms with Crippen LogP contribution in [-0.4, -0.2) is 5.25 Å². The summed E-state index contributed by atoms with van der Waals surface area (Å²) in [5, 5.41) is 0.665. The molecule has 0 rings (SSSR count). The molecule has 32 valence electrons. The molecule has 0 spiro atoms. The van der Waals surface area contributed by atoms with E-state index in [-0.39, 0.29) is 0 Å². The van der Waals surface area contributed by atoms with Gasteiger partial charge in [-0.1, -0.05) is 24.6 Å². The van der Waals surface area contributed by atoms with Crippen molar-refractivity contribution in [3.8, 4) is 0 Å². The quantitative estimate of drug-likeness (QED) is 0.396. The Morgan fingerprint density at radius 2 is 1.80 bits per heavy atom. The van der Waals surface area contributed by atoms with Crippen molar-refractivity contribution in [2.75, 3.05) is 0 Å². The van der Waals surface area contributed by atoms with Gasteiger partial charge in [-0.3, -0.25) is 0 Å². The molecular formula is C3H8S2. The van der Waals surface area contributed by atoms with Gasteiger partial charge < -0.3 is 0 Å². The van der Waals surface area contributed by atoms with Gasteiger partial charge in [-0.25, -0.2) is 0 Å². The monoisotopic (exact) mass is 108 g/mol. The number of thiol groups is 1. The minimum absolute atomic E-state index is 0.665. The second-order valence-electron chi connectivity index (χ2n) is 1.15. The first-order valence-corrected chi connectivity index (χ1v) is 3.50. The Morgan fingerprint density at radius 3 is 1.80 bits per heavy atom. The van der Waals surface area contributed by atoms with Crippen molar-refractivity contribution in [2.45, 2.75) is 19.1 Å². The van der Waals surface area contributed by atoms with E-state index < -0.39 is 0 Å². The zero-order chi connectivity index (χ0) is 4.28. The summed E-state index contributed by atoms with van der Waals surface area (Å²) >= 11 is 3.93. The second-order valence-corrected chi connectivity index (χ2v) is 2.94. The van der Waals surface area contributed by atoms with E-state index in [9.17, 15) is 0 Å². The Labute approximate surface area is 42.1 Å². The summed E-state index contributed by atoms with van der Waals surface area (Å²) in [4.78, 5) is 0. The fraction of sp³-hybridized carbons (Fsp3) is 1.00. The van der Waals surface area contributed by atoms with E-state index >= 15 is 0 Å². The minimum atomic E-state index is 0.665. The molecule has 0 aliphatic heterocycles. The Kier molecular flexibility index (Phi) is 3.32. The van der Waals surface area contributed by atoms with Crippen molar-refractivity contribution >= 4 is 22.5 Å². The molecule has 0 aromatic rings. The number of hydrogen-bond acceptors (Lipinski definition) is 2. The van der Waals surface area contributed by atoms with Gasteiger partial charge in [0.15, 0.2) is 0 Å². The van der Waals surface area contributed by atoms with Crippen molar-refractivity contribution in [1.29, 1.82) is 0 Å². The van der Waals surface area contributed by atoms with Gasteiger partial charge in [0.1, 0.15) is 0 Å². The normalized spacial score (nSPS) is 9.60. The van der Waals surface area contributed by atoms with Gasteiger partial charge in [0.25, 0.3) is 0 Å². The van der Waals surface area contributed by atoms with Crippen LogP contribution in [0.5, 0.6) is 0 Å². The lowest BCUT2D eigenvalue weighted by atomic mass is 10.6. The van der Waals surface area contributed by atoms with Crippen LogP contribution in [0.2, 0.25) is 0 Å². The summed E-state index contributed by atoms with van der Waals surface area (Å²) in [5.74, 6) is 0. The minimum Gasteiger partial charge on any atom is -0.111 e. The summed E-state index contributed by atoms with van der Waals surface area (Å²) in [7, 11) is 1.57. The molecule has 0 nitrogen and oxygen atoms in total. The van der Waals surface area contributed by atoms with Gasteiger partial charge in [0.2, 0.25) is 0 Å². The van der Waals surface area contributed by atoms with Crippen LogP contribution in [-0.2, 0) is 0 Å². The van der Waals surface area contributed by atoms with Gasteiger partial charge in [0, 0.05) is 5.25 Å². The lowest BCUT2D eigenvalue weighted by Crippen LogP contribution is -1.76. The first kappa shape index (κ1) is 5.70. The van der Waals surface area contributed by atoms with Crippen LogP contribution in [0.15, 0.2) is 0 Å². The summed E-state index contributed by atoms with van der Waals surface area (Å²) in [6.07, 6.45) is 0. The predicted octanol–water partition coefficient (Wildman–Crippen LogP) is 1.97. The molecule has 0 aliphatic carbocycles. The summed E-state index contributed by atoms with van der Waals surface area (Å²) in [6.45, 7) is 4.22. The molecule has 2 heteroatoms. The highest BCUT2D eigenvalue weighted by Gasteiger charge is 1.81. The third-order valence-corrected chi connectivity index (χ3v) is 1.90. The fourth-order valence-corrected chi connectivity index (χ4v) is 0. The molecule has 0 saturated heterocycles. The molecule has 0 heterocycles. The maximum atomic E-state index is 3.93. The third kappa shape index (κ3) is 4.70. The Morgan fingerprint density at radius 1 is 1.60 bits per heavy atom. The van der Waals surface area contributed by atoms with Gasteiger partial charge in [-0.15, -0.1) is 11.7 Å². The maximum Gasteiger partial charge on any atom is 0.00920 e. The molecule has 0 fully saturated rings. The second kappa shape index (κ2) is 2.91. The summed E-state index contributed by atoms with van der Waals surface area (Å²) in [6, 6.07) is 0. The van der Waals surface area contributed by atoms with E-state index in [1.54, 1.807) is 10.8 Å². The Hall–Kier alpha value is 0.700. The van der Waals surface area contributed by atoms with Crippen molar-refractivity contribution in [2.24, 2.45) is 0 Å². The molecule has 0 radical (unpaired) electrons. The number of hydrogen-bond donors (Lipinski definition) is 1. The van der Waals surface area contributed by atoms with E-state index in [4.69, 9.17) is 0 Å². The average molecular weight is 108 g/mol. The molecular weight excluding hydrogens is 100 g/mol. The van der Waals surface area contributed by atoms with Crippen LogP contribution < -0.4 is 0 Å². The van der Waals surface area contributed by atoms with Crippen LogP contribution in [0.1, 0.15) is 13.8 Å². The Bertz CT molecular complexity index is 18.9. The van der Waals surface area contributed by atoms with Gasteiger partial charge in [0.05, 0.1) is 0 Å². The van der Waals surface area contributed by atoms with Crippen LogP contribution >= 0.6 is 22.5 Å². The first-order valence-electron chi connectivity index (χ1n) is 1.57. The van der Waals surface area contributed by atoms with Crippen LogP contribution in [0.25, 0.3) is 0 Å². The zero-order valence-corrected chi connectivity index (χ0v) is 5.14. The topological polar surface area (TPSA) is 0 Å². The molecule has 0 atom stereocenters. The highest BCUT2D eigenvalue weighted by Crippen LogP contribution is 2.11. The van der Waals surface area contributed by atoms with Gasteiger partial charge in [-0.2, -0.15) is 0 Å². The molecule has 0 saturated carbocycles. The smallest absolute Gasteiger partial charge is 0.00920 e. The molecule has 0 amide bonds. The SMILES string of the molecule is CC(C)SS. The van der Waals surface area contributed by atoms with Gasteiger partial charge >= 0.3 is 0 Å². The highest BCUT2D eigenvalue weighted by molar-refractivity contribution is 8.68. The lowest BCUT2D eigenvalue weighted by Gasteiger charge is -1.89. The third-order valence-electron chi connectivity index (χ3n) is 0.211. The number of rotatable bonds is 1. The van der Waals surface area contributed by atoms with E-state index in [1.165, 1.54) is 0 Å². The van der Waals surface area contributed by atoms with Gasteiger partial charge in [-0.05, 0) is 0 Å². The standard InChI is InChI=1S/C3H8S2/c1-3(2)5-4/h3-4H,1-2H3. The summed E-state index contributed by atoms with van der Waals surface area (Å²) < 4.78 is 0. The lowest BCUT2D eigenvalue weighted by molar-refractivity contribution is 1.12. The van der Waals surface area contributed by atoms with E-state index in [1.807, 2.05) is 0 Å². The van der Waals surface area contributed by atoms with E-state index in [0.717, 1.165) is 0 Å². The van der Waals surface area contributed by atoms with E-state index in [2.05, 4.69) is 25.5 Å². The first-order chi connectivity index (χ1) is 2.27. The maximum absolute atomic E-state index is 3.93. The largest absolute Gasteiger partial charge is 0.111 e.